The van der Waals surface area contributed by atoms with Crippen molar-refractivity contribution in [3.63, 3.8) is 0 Å². The molecule has 0 radical (unpaired) electrons. The lowest BCUT2D eigenvalue weighted by atomic mass is 9.83. The summed E-state index contributed by atoms with van der Waals surface area (Å²) in [6, 6.07) is 33.5. The van der Waals surface area contributed by atoms with E-state index in [-0.39, 0.29) is 12.5 Å². The standard InChI is InChI=1S/C29H23NO4/c31-27(32)29(20-11-3-1-4-12-20,21-13-5-2-6-14-21)30-28(33)34-19-26-24-17-9-7-15-22(24)23-16-8-10-18-25(23)26/h1-18,26H,19H2,(H,30,33)(H,31,32). The number of carboxylic acids is 1. The van der Waals surface area contributed by atoms with Crippen molar-refractivity contribution in [3.05, 3.63) is 131 Å². The summed E-state index contributed by atoms with van der Waals surface area (Å²) in [4.78, 5) is 25.8. The van der Waals surface area contributed by atoms with Crippen LogP contribution in [0.15, 0.2) is 109 Å². The third kappa shape index (κ3) is 3.61. The van der Waals surface area contributed by atoms with E-state index in [1.54, 1.807) is 60.7 Å². The number of carbonyl (C=O) groups is 2. The van der Waals surface area contributed by atoms with Crippen molar-refractivity contribution in [1.82, 2.24) is 5.32 Å². The van der Waals surface area contributed by atoms with Crippen LogP contribution in [0.5, 0.6) is 0 Å². The summed E-state index contributed by atoms with van der Waals surface area (Å²) in [6.07, 6.45) is -0.794. The highest BCUT2D eigenvalue weighted by Crippen LogP contribution is 2.44. The molecule has 0 saturated heterocycles. The Labute approximate surface area is 197 Å². The van der Waals surface area contributed by atoms with Gasteiger partial charge in [-0.2, -0.15) is 0 Å². The maximum atomic E-state index is 13.1. The molecule has 168 valence electrons. The van der Waals surface area contributed by atoms with Gasteiger partial charge >= 0.3 is 12.1 Å². The van der Waals surface area contributed by atoms with Gasteiger partial charge in [-0.25, -0.2) is 9.59 Å². The van der Waals surface area contributed by atoms with Crippen LogP contribution in [0.4, 0.5) is 4.79 Å². The molecule has 5 heteroatoms. The summed E-state index contributed by atoms with van der Waals surface area (Å²) in [5, 5.41) is 13.0. The lowest BCUT2D eigenvalue weighted by Crippen LogP contribution is -2.53. The molecule has 0 fully saturated rings. The van der Waals surface area contributed by atoms with Gasteiger partial charge < -0.3 is 9.84 Å². The number of benzene rings is 4. The van der Waals surface area contributed by atoms with Crippen LogP contribution in [0.3, 0.4) is 0 Å². The summed E-state index contributed by atoms with van der Waals surface area (Å²) in [5.74, 6) is -1.32. The molecule has 5 rings (SSSR count). The van der Waals surface area contributed by atoms with Crippen molar-refractivity contribution in [2.24, 2.45) is 0 Å². The number of carboxylic acid groups (broad SMARTS) is 1. The van der Waals surface area contributed by atoms with Gasteiger partial charge in [0.2, 0.25) is 0 Å². The first kappa shape index (κ1) is 21.5. The van der Waals surface area contributed by atoms with E-state index in [0.717, 1.165) is 22.3 Å². The van der Waals surface area contributed by atoms with Crippen molar-refractivity contribution in [1.29, 1.82) is 0 Å². The molecule has 0 unspecified atom stereocenters. The molecule has 1 amide bonds. The quantitative estimate of drug-likeness (QED) is 0.404. The first-order valence-corrected chi connectivity index (χ1v) is 11.1. The Hall–Kier alpha value is -4.38. The number of ether oxygens (including phenoxy) is 1. The fourth-order valence-corrected chi connectivity index (χ4v) is 4.78. The van der Waals surface area contributed by atoms with Gasteiger partial charge in [-0.1, -0.05) is 109 Å². The summed E-state index contributed by atoms with van der Waals surface area (Å²) < 4.78 is 5.67. The second-order valence-electron chi connectivity index (χ2n) is 8.24. The number of hydrogen-bond donors (Lipinski definition) is 2. The first-order chi connectivity index (χ1) is 16.6. The number of aliphatic carboxylic acids is 1. The SMILES string of the molecule is O=C(NC(C(=O)O)(c1ccccc1)c1ccccc1)OCC1c2ccccc2-c2ccccc21. The van der Waals surface area contributed by atoms with E-state index in [1.165, 1.54) is 0 Å². The van der Waals surface area contributed by atoms with E-state index in [1.807, 2.05) is 36.4 Å². The predicted octanol–water partition coefficient (Wildman–Crippen LogP) is 5.55. The van der Waals surface area contributed by atoms with E-state index in [2.05, 4.69) is 17.4 Å². The minimum atomic E-state index is -1.79. The van der Waals surface area contributed by atoms with Gasteiger partial charge in [0.25, 0.3) is 0 Å². The Bertz CT molecular complexity index is 1250. The highest BCUT2D eigenvalue weighted by atomic mass is 16.5. The average Bonchev–Trinajstić information content (AvgIpc) is 3.20. The number of fused-ring (bicyclic) bond motifs is 3. The van der Waals surface area contributed by atoms with Crippen molar-refractivity contribution in [2.45, 2.75) is 11.5 Å². The Morgan fingerprint density at radius 2 is 1.15 bits per heavy atom. The highest BCUT2D eigenvalue weighted by Gasteiger charge is 2.44. The second kappa shape index (κ2) is 8.87. The summed E-state index contributed by atoms with van der Waals surface area (Å²) >= 11 is 0. The number of amides is 1. The van der Waals surface area contributed by atoms with Gasteiger partial charge in [-0.3, -0.25) is 5.32 Å². The highest BCUT2D eigenvalue weighted by molar-refractivity contribution is 5.90. The Balaban J connectivity index is 1.44. The van der Waals surface area contributed by atoms with Crippen molar-refractivity contribution in [3.8, 4) is 11.1 Å². The van der Waals surface area contributed by atoms with Crippen molar-refractivity contribution >= 4 is 12.1 Å². The Kier molecular flexibility index (Phi) is 5.60. The monoisotopic (exact) mass is 449 g/mol. The maximum Gasteiger partial charge on any atom is 0.408 e. The van der Waals surface area contributed by atoms with Crippen molar-refractivity contribution in [2.75, 3.05) is 6.61 Å². The molecule has 34 heavy (non-hydrogen) atoms. The molecule has 5 nitrogen and oxygen atoms in total. The van der Waals surface area contributed by atoms with E-state index in [9.17, 15) is 14.7 Å². The zero-order chi connectivity index (χ0) is 23.5. The van der Waals surface area contributed by atoms with Crippen LogP contribution < -0.4 is 5.32 Å². The molecule has 1 aliphatic rings. The Morgan fingerprint density at radius 1 is 0.706 bits per heavy atom. The molecule has 4 aromatic rings. The zero-order valence-corrected chi connectivity index (χ0v) is 18.3. The normalized spacial score (nSPS) is 12.5. The van der Waals surface area contributed by atoms with Crippen LogP contribution in [0.1, 0.15) is 28.2 Å². The maximum absolute atomic E-state index is 13.1. The lowest BCUT2D eigenvalue weighted by molar-refractivity contribution is -0.143. The number of alkyl carbamates (subject to hydrolysis) is 1. The summed E-state index contributed by atoms with van der Waals surface area (Å²) in [6.45, 7) is 0.0964. The minimum Gasteiger partial charge on any atom is -0.479 e. The molecule has 0 aliphatic heterocycles. The van der Waals surface area contributed by atoms with E-state index in [0.29, 0.717) is 11.1 Å². The predicted molar refractivity (Wildman–Crippen MR) is 130 cm³/mol. The average molecular weight is 450 g/mol. The van der Waals surface area contributed by atoms with Crippen LogP contribution in [0, 0.1) is 0 Å². The Morgan fingerprint density at radius 3 is 1.62 bits per heavy atom. The number of rotatable bonds is 6. The number of nitrogens with one attached hydrogen (secondary N) is 1. The van der Waals surface area contributed by atoms with Crippen LogP contribution in [0.25, 0.3) is 11.1 Å². The van der Waals surface area contributed by atoms with Gasteiger partial charge in [0.05, 0.1) is 0 Å². The molecular formula is C29H23NO4. The molecule has 2 N–H and O–H groups in total. The van der Waals surface area contributed by atoms with Crippen LogP contribution in [-0.4, -0.2) is 23.8 Å². The van der Waals surface area contributed by atoms with Crippen LogP contribution in [0.2, 0.25) is 0 Å². The summed E-state index contributed by atoms with van der Waals surface area (Å²) in [5.41, 5.74) is 3.51. The number of carbonyl (C=O) groups excluding carboxylic acids is 1. The molecule has 0 heterocycles. The third-order valence-electron chi connectivity index (χ3n) is 6.37. The fraction of sp³-hybridized carbons (Fsp3) is 0.103. The van der Waals surface area contributed by atoms with Crippen LogP contribution >= 0.6 is 0 Å². The van der Waals surface area contributed by atoms with Gasteiger partial charge in [0, 0.05) is 5.92 Å². The molecule has 0 saturated carbocycles. The van der Waals surface area contributed by atoms with Crippen molar-refractivity contribution < 1.29 is 19.4 Å². The lowest BCUT2D eigenvalue weighted by Gasteiger charge is -2.31. The molecular weight excluding hydrogens is 426 g/mol. The van der Waals surface area contributed by atoms with E-state index >= 15 is 0 Å². The van der Waals surface area contributed by atoms with Gasteiger partial charge in [0.15, 0.2) is 5.54 Å². The fourth-order valence-electron chi connectivity index (χ4n) is 4.78. The molecule has 0 atom stereocenters. The molecule has 0 bridgehead atoms. The largest absolute Gasteiger partial charge is 0.479 e. The second-order valence-corrected chi connectivity index (χ2v) is 8.24. The topological polar surface area (TPSA) is 75.6 Å². The van der Waals surface area contributed by atoms with Gasteiger partial charge in [0.1, 0.15) is 6.61 Å². The van der Waals surface area contributed by atoms with E-state index < -0.39 is 17.6 Å². The molecule has 0 spiro atoms. The molecule has 1 aliphatic carbocycles. The minimum absolute atomic E-state index is 0.0964. The van der Waals surface area contributed by atoms with E-state index in [4.69, 9.17) is 4.74 Å². The van der Waals surface area contributed by atoms with Crippen LogP contribution in [-0.2, 0) is 15.1 Å². The van der Waals surface area contributed by atoms with Gasteiger partial charge in [-0.15, -0.1) is 0 Å². The van der Waals surface area contributed by atoms with Gasteiger partial charge in [-0.05, 0) is 33.4 Å². The summed E-state index contributed by atoms with van der Waals surface area (Å²) in [7, 11) is 0. The molecule has 0 aromatic heterocycles. The molecule has 4 aromatic carbocycles. The third-order valence-corrected chi connectivity index (χ3v) is 6.37. The number of hydrogen-bond acceptors (Lipinski definition) is 3. The zero-order valence-electron chi connectivity index (χ0n) is 18.3. The smallest absolute Gasteiger partial charge is 0.408 e. The first-order valence-electron chi connectivity index (χ1n) is 11.1.